The highest BCUT2D eigenvalue weighted by atomic mass is 16.6. The molecule has 4 rings (SSSR count). The van der Waals surface area contributed by atoms with Crippen LogP contribution in [-0.4, -0.2) is 89.2 Å². The highest BCUT2D eigenvalue weighted by Crippen LogP contribution is 2.31. The predicted molar refractivity (Wildman–Crippen MR) is 96.1 cm³/mol. The van der Waals surface area contributed by atoms with Crippen molar-refractivity contribution in [2.75, 3.05) is 45.9 Å². The lowest BCUT2D eigenvalue weighted by molar-refractivity contribution is -0.132. The monoisotopic (exact) mass is 377 g/mol. The molecule has 9 heteroatoms. The van der Waals surface area contributed by atoms with Crippen molar-refractivity contribution in [1.82, 2.24) is 24.9 Å². The summed E-state index contributed by atoms with van der Waals surface area (Å²) in [7, 11) is 0. The number of rotatable bonds is 4. The highest BCUT2D eigenvalue weighted by molar-refractivity contribution is 5.83. The van der Waals surface area contributed by atoms with E-state index in [4.69, 9.17) is 9.47 Å². The van der Waals surface area contributed by atoms with Gasteiger partial charge in [-0.3, -0.25) is 14.4 Å². The van der Waals surface area contributed by atoms with Crippen molar-refractivity contribution in [2.24, 2.45) is 0 Å². The van der Waals surface area contributed by atoms with E-state index in [-0.39, 0.29) is 24.6 Å². The first-order valence-corrected chi connectivity index (χ1v) is 9.69. The maximum atomic E-state index is 12.9. The van der Waals surface area contributed by atoms with E-state index in [2.05, 4.69) is 10.4 Å². The molecule has 0 radical (unpaired) electrons. The first kappa shape index (κ1) is 18.2. The summed E-state index contributed by atoms with van der Waals surface area (Å²) in [5, 5.41) is 7.49. The van der Waals surface area contributed by atoms with Crippen molar-refractivity contribution in [3.8, 4) is 0 Å². The second kappa shape index (κ2) is 7.85. The summed E-state index contributed by atoms with van der Waals surface area (Å²) in [6, 6.07) is 1.87. The van der Waals surface area contributed by atoms with Gasteiger partial charge in [0.25, 0.3) is 0 Å². The Morgan fingerprint density at radius 2 is 2.22 bits per heavy atom. The molecule has 1 spiro atoms. The van der Waals surface area contributed by atoms with E-state index >= 15 is 0 Å². The third-order valence-corrected chi connectivity index (χ3v) is 5.53. The average Bonchev–Trinajstić information content (AvgIpc) is 3.18. The van der Waals surface area contributed by atoms with E-state index in [1.165, 1.54) is 0 Å². The Hall–Kier alpha value is -2.13. The van der Waals surface area contributed by atoms with Gasteiger partial charge in [0.2, 0.25) is 5.91 Å². The largest absolute Gasteiger partial charge is 0.441 e. The second-order valence-electron chi connectivity index (χ2n) is 7.57. The topological polar surface area (TPSA) is 88.9 Å². The Morgan fingerprint density at radius 1 is 1.37 bits per heavy atom. The van der Waals surface area contributed by atoms with Crippen molar-refractivity contribution >= 4 is 12.0 Å². The summed E-state index contributed by atoms with van der Waals surface area (Å²) in [5.41, 5.74) is -0.423. The van der Waals surface area contributed by atoms with Gasteiger partial charge < -0.3 is 19.7 Å². The maximum Gasteiger partial charge on any atom is 0.410 e. The Morgan fingerprint density at radius 3 is 3.00 bits per heavy atom. The van der Waals surface area contributed by atoms with Crippen LogP contribution in [0.2, 0.25) is 0 Å². The van der Waals surface area contributed by atoms with Crippen LogP contribution in [0.15, 0.2) is 18.5 Å². The number of aromatic nitrogens is 2. The van der Waals surface area contributed by atoms with Gasteiger partial charge in [-0.05, 0) is 25.6 Å². The van der Waals surface area contributed by atoms with Gasteiger partial charge in [0.15, 0.2) is 0 Å². The minimum absolute atomic E-state index is 0.0473. The molecule has 1 atom stereocenters. The zero-order chi connectivity index (χ0) is 18.7. The third kappa shape index (κ3) is 4.24. The summed E-state index contributed by atoms with van der Waals surface area (Å²) in [6.45, 7) is 4.64. The number of ether oxygens (including phenoxy) is 2. The van der Waals surface area contributed by atoms with Crippen LogP contribution in [-0.2, 0) is 20.8 Å². The number of hydrogen-bond donors (Lipinski definition) is 1. The van der Waals surface area contributed by atoms with Crippen LogP contribution in [0.25, 0.3) is 0 Å². The van der Waals surface area contributed by atoms with Crippen LogP contribution in [0, 0.1) is 0 Å². The summed E-state index contributed by atoms with van der Waals surface area (Å²) in [5.74, 6) is -0.0473. The summed E-state index contributed by atoms with van der Waals surface area (Å²) in [6.07, 6.45) is 5.54. The van der Waals surface area contributed by atoms with E-state index in [1.807, 2.05) is 21.8 Å². The fourth-order valence-corrected chi connectivity index (χ4v) is 4.07. The molecular formula is C18H27N5O4. The van der Waals surface area contributed by atoms with E-state index in [9.17, 15) is 9.59 Å². The van der Waals surface area contributed by atoms with Crippen LogP contribution in [0.5, 0.6) is 0 Å². The Balaban J connectivity index is 1.34. The summed E-state index contributed by atoms with van der Waals surface area (Å²) >= 11 is 0. The number of piperidine rings is 1. The number of nitrogens with zero attached hydrogens (tertiary/aromatic N) is 4. The molecule has 0 saturated carbocycles. The molecule has 1 aromatic heterocycles. The van der Waals surface area contributed by atoms with Gasteiger partial charge in [0.05, 0.1) is 19.2 Å². The van der Waals surface area contributed by atoms with E-state index in [0.29, 0.717) is 32.8 Å². The average molecular weight is 377 g/mol. The van der Waals surface area contributed by atoms with Gasteiger partial charge in [0, 0.05) is 44.9 Å². The first-order valence-electron chi connectivity index (χ1n) is 9.69. The molecule has 0 aromatic carbocycles. The molecule has 0 aliphatic carbocycles. The van der Waals surface area contributed by atoms with Crippen LogP contribution < -0.4 is 5.32 Å². The smallest absolute Gasteiger partial charge is 0.410 e. The summed E-state index contributed by atoms with van der Waals surface area (Å²) < 4.78 is 13.3. The van der Waals surface area contributed by atoms with E-state index in [0.717, 1.165) is 32.4 Å². The molecule has 148 valence electrons. The molecule has 1 unspecified atom stereocenters. The third-order valence-electron chi connectivity index (χ3n) is 5.53. The van der Waals surface area contributed by atoms with Gasteiger partial charge in [-0.2, -0.15) is 5.10 Å². The number of nitrogens with one attached hydrogen (secondary N) is 1. The lowest BCUT2D eigenvalue weighted by atomic mass is 9.92. The lowest BCUT2D eigenvalue weighted by Crippen LogP contribution is -2.47. The SMILES string of the molecule is O=C(CN1CC2(CCNCC2)OC1=O)N1CCCOC(Cn2cccn2)C1. The second-order valence-corrected chi connectivity index (χ2v) is 7.57. The van der Waals surface area contributed by atoms with Crippen LogP contribution in [0.3, 0.4) is 0 Å². The van der Waals surface area contributed by atoms with Crippen molar-refractivity contribution in [3.05, 3.63) is 18.5 Å². The van der Waals surface area contributed by atoms with Crippen molar-refractivity contribution in [2.45, 2.75) is 37.5 Å². The van der Waals surface area contributed by atoms with Crippen LogP contribution >= 0.6 is 0 Å². The molecule has 3 saturated heterocycles. The fraction of sp³-hybridized carbons (Fsp3) is 0.722. The molecular weight excluding hydrogens is 350 g/mol. The van der Waals surface area contributed by atoms with Gasteiger partial charge in [0.1, 0.15) is 12.1 Å². The van der Waals surface area contributed by atoms with Gasteiger partial charge in [-0.15, -0.1) is 0 Å². The standard InChI is InChI=1S/C18H27N5O4/c24-16(13-22-14-18(27-17(22)25)3-6-19-7-4-18)21-8-2-10-26-15(11-21)12-23-9-1-5-20-23/h1,5,9,15,19H,2-4,6-8,10-14H2. The Bertz CT molecular complexity index is 659. The number of hydrogen-bond acceptors (Lipinski definition) is 6. The normalized spacial score (nSPS) is 25.5. The van der Waals surface area contributed by atoms with Crippen molar-refractivity contribution in [3.63, 3.8) is 0 Å². The number of carbonyl (C=O) groups excluding carboxylic acids is 2. The summed E-state index contributed by atoms with van der Waals surface area (Å²) in [4.78, 5) is 28.5. The van der Waals surface area contributed by atoms with E-state index < -0.39 is 5.60 Å². The molecule has 27 heavy (non-hydrogen) atoms. The quantitative estimate of drug-likeness (QED) is 0.799. The highest BCUT2D eigenvalue weighted by Gasteiger charge is 2.46. The number of amides is 2. The molecule has 3 fully saturated rings. The molecule has 4 heterocycles. The number of carbonyl (C=O) groups is 2. The van der Waals surface area contributed by atoms with Crippen LogP contribution in [0.4, 0.5) is 4.79 Å². The molecule has 1 N–H and O–H groups in total. The molecule has 9 nitrogen and oxygen atoms in total. The maximum absolute atomic E-state index is 12.9. The van der Waals surface area contributed by atoms with Crippen molar-refractivity contribution < 1.29 is 19.1 Å². The van der Waals surface area contributed by atoms with E-state index in [1.54, 1.807) is 11.1 Å². The fourth-order valence-electron chi connectivity index (χ4n) is 4.07. The lowest BCUT2D eigenvalue weighted by Gasteiger charge is -2.31. The first-order chi connectivity index (χ1) is 13.1. The van der Waals surface area contributed by atoms with Crippen molar-refractivity contribution in [1.29, 1.82) is 0 Å². The minimum Gasteiger partial charge on any atom is -0.441 e. The Kier molecular flexibility index (Phi) is 5.31. The zero-order valence-corrected chi connectivity index (χ0v) is 15.5. The molecule has 2 amide bonds. The van der Waals surface area contributed by atoms with Gasteiger partial charge in [-0.1, -0.05) is 0 Å². The molecule has 0 bridgehead atoms. The van der Waals surface area contributed by atoms with Gasteiger partial charge >= 0.3 is 6.09 Å². The Labute approximate surface area is 158 Å². The predicted octanol–water partition coefficient (Wildman–Crippen LogP) is 0.0750. The molecule has 1 aromatic rings. The zero-order valence-electron chi connectivity index (χ0n) is 15.5. The molecule has 3 aliphatic heterocycles. The van der Waals surface area contributed by atoms with Gasteiger partial charge in [-0.25, -0.2) is 4.79 Å². The van der Waals surface area contributed by atoms with Crippen LogP contribution in [0.1, 0.15) is 19.3 Å². The minimum atomic E-state index is -0.423. The molecule has 3 aliphatic rings.